The predicted octanol–water partition coefficient (Wildman–Crippen LogP) is 3.13. The maximum Gasteiger partial charge on any atom is 0.335 e. The zero-order chi connectivity index (χ0) is 23.0. The number of hydrogen-bond acceptors (Lipinski definition) is 8. The number of anilines is 2. The van der Waals surface area contributed by atoms with Crippen LogP contribution in [0.5, 0.6) is 0 Å². The summed E-state index contributed by atoms with van der Waals surface area (Å²) in [6, 6.07) is 8.59. The number of rotatable bonds is 5. The molecule has 0 aliphatic heterocycles. The standard InChI is InChI=1S/C22H20N8O2/c1-11-6-14(8-15(7-11)22(31)32)17-18-12(2)4-5-30(18)29-20(28-17)13(3)27-21-16(9-23)19(24)25-10-26-21/h4-8,10,13H,1-3H3,(H,31,32)(H3,24,25,26,27). The van der Waals surface area contributed by atoms with Crippen molar-refractivity contribution in [1.82, 2.24) is 24.6 Å². The minimum Gasteiger partial charge on any atom is -0.478 e. The lowest BCUT2D eigenvalue weighted by atomic mass is 10.0. The highest BCUT2D eigenvalue weighted by Crippen LogP contribution is 2.29. The highest BCUT2D eigenvalue weighted by molar-refractivity contribution is 5.91. The highest BCUT2D eigenvalue weighted by atomic mass is 16.4. The number of fused-ring (bicyclic) bond motifs is 1. The number of nitrogens with zero attached hydrogens (tertiary/aromatic N) is 6. The maximum atomic E-state index is 11.6. The third-order valence-electron chi connectivity index (χ3n) is 5.06. The first-order chi connectivity index (χ1) is 15.3. The van der Waals surface area contributed by atoms with Crippen molar-refractivity contribution >= 4 is 23.1 Å². The largest absolute Gasteiger partial charge is 0.478 e. The molecule has 32 heavy (non-hydrogen) atoms. The average Bonchev–Trinajstić information content (AvgIpc) is 3.13. The summed E-state index contributed by atoms with van der Waals surface area (Å²) in [5.74, 6) is -0.211. The van der Waals surface area contributed by atoms with E-state index in [1.807, 2.05) is 45.2 Å². The van der Waals surface area contributed by atoms with Gasteiger partial charge in [-0.1, -0.05) is 0 Å². The van der Waals surface area contributed by atoms with E-state index >= 15 is 0 Å². The van der Waals surface area contributed by atoms with Gasteiger partial charge in [-0.05, 0) is 56.2 Å². The zero-order valence-electron chi connectivity index (χ0n) is 17.7. The molecular weight excluding hydrogens is 408 g/mol. The average molecular weight is 428 g/mol. The molecule has 0 bridgehead atoms. The van der Waals surface area contributed by atoms with Crippen LogP contribution in [0.2, 0.25) is 0 Å². The molecule has 0 saturated carbocycles. The number of nitrogens with two attached hydrogens (primary N) is 1. The van der Waals surface area contributed by atoms with Crippen molar-refractivity contribution in [3.05, 3.63) is 64.9 Å². The van der Waals surface area contributed by atoms with Gasteiger partial charge in [0.25, 0.3) is 0 Å². The molecule has 0 aliphatic carbocycles. The van der Waals surface area contributed by atoms with Crippen LogP contribution >= 0.6 is 0 Å². The molecule has 1 atom stereocenters. The number of aromatic nitrogens is 5. The molecule has 10 heteroatoms. The normalized spacial score (nSPS) is 11.8. The Hall–Kier alpha value is -4.52. The molecule has 4 aromatic rings. The van der Waals surface area contributed by atoms with Gasteiger partial charge in [0, 0.05) is 11.8 Å². The van der Waals surface area contributed by atoms with Crippen molar-refractivity contribution in [2.75, 3.05) is 11.1 Å². The monoisotopic (exact) mass is 428 g/mol. The molecule has 3 heterocycles. The lowest BCUT2D eigenvalue weighted by Crippen LogP contribution is -2.16. The van der Waals surface area contributed by atoms with E-state index in [0.717, 1.165) is 16.6 Å². The quantitative estimate of drug-likeness (QED) is 0.434. The van der Waals surface area contributed by atoms with Crippen LogP contribution in [0, 0.1) is 25.2 Å². The van der Waals surface area contributed by atoms with E-state index in [1.165, 1.54) is 6.33 Å². The van der Waals surface area contributed by atoms with Crippen molar-refractivity contribution in [3.8, 4) is 17.3 Å². The first-order valence-electron chi connectivity index (χ1n) is 9.77. The van der Waals surface area contributed by atoms with Crippen LogP contribution in [-0.4, -0.2) is 35.6 Å². The van der Waals surface area contributed by atoms with Gasteiger partial charge in [0.05, 0.1) is 22.8 Å². The molecule has 0 amide bonds. The van der Waals surface area contributed by atoms with Gasteiger partial charge >= 0.3 is 5.97 Å². The van der Waals surface area contributed by atoms with Crippen LogP contribution < -0.4 is 11.1 Å². The van der Waals surface area contributed by atoms with Gasteiger partial charge in [0.1, 0.15) is 29.6 Å². The van der Waals surface area contributed by atoms with E-state index in [4.69, 9.17) is 10.7 Å². The van der Waals surface area contributed by atoms with Crippen molar-refractivity contribution in [2.45, 2.75) is 26.8 Å². The summed E-state index contributed by atoms with van der Waals surface area (Å²) >= 11 is 0. The van der Waals surface area contributed by atoms with Gasteiger partial charge in [0.2, 0.25) is 0 Å². The van der Waals surface area contributed by atoms with Crippen molar-refractivity contribution in [2.24, 2.45) is 0 Å². The fourth-order valence-electron chi connectivity index (χ4n) is 3.51. The van der Waals surface area contributed by atoms with Gasteiger partial charge in [0.15, 0.2) is 5.82 Å². The number of carbonyl (C=O) groups is 1. The summed E-state index contributed by atoms with van der Waals surface area (Å²) < 4.78 is 1.72. The molecule has 0 saturated heterocycles. The molecule has 3 aromatic heterocycles. The Balaban J connectivity index is 1.85. The highest BCUT2D eigenvalue weighted by Gasteiger charge is 2.19. The Morgan fingerprint density at radius 1 is 1.28 bits per heavy atom. The van der Waals surface area contributed by atoms with Gasteiger partial charge < -0.3 is 16.2 Å². The Morgan fingerprint density at radius 3 is 2.78 bits per heavy atom. The van der Waals surface area contributed by atoms with Crippen LogP contribution in [0.1, 0.15) is 45.8 Å². The third kappa shape index (κ3) is 3.67. The van der Waals surface area contributed by atoms with Crippen LogP contribution in [-0.2, 0) is 0 Å². The minimum atomic E-state index is -1.01. The first kappa shape index (κ1) is 20.7. The summed E-state index contributed by atoms with van der Waals surface area (Å²) in [5.41, 5.74) is 9.94. The molecule has 1 aromatic carbocycles. The van der Waals surface area contributed by atoms with Crippen LogP contribution in [0.25, 0.3) is 16.8 Å². The smallest absolute Gasteiger partial charge is 0.335 e. The van der Waals surface area contributed by atoms with Crippen molar-refractivity contribution in [1.29, 1.82) is 5.26 Å². The second kappa shape index (κ2) is 7.96. The Labute approximate surface area is 183 Å². The lowest BCUT2D eigenvalue weighted by molar-refractivity contribution is 0.0697. The van der Waals surface area contributed by atoms with E-state index in [1.54, 1.807) is 16.6 Å². The number of benzene rings is 1. The summed E-state index contributed by atoms with van der Waals surface area (Å²) in [6.07, 6.45) is 3.10. The Morgan fingerprint density at radius 2 is 2.06 bits per heavy atom. The number of nitrogen functional groups attached to an aromatic ring is 1. The molecule has 1 unspecified atom stereocenters. The van der Waals surface area contributed by atoms with Gasteiger partial charge in [-0.2, -0.15) is 10.4 Å². The van der Waals surface area contributed by atoms with Gasteiger partial charge in [-0.15, -0.1) is 0 Å². The Bertz CT molecular complexity index is 1400. The summed E-state index contributed by atoms with van der Waals surface area (Å²) in [7, 11) is 0. The zero-order valence-corrected chi connectivity index (χ0v) is 17.7. The number of carboxylic acids is 1. The number of nitriles is 1. The summed E-state index contributed by atoms with van der Waals surface area (Å²) in [6.45, 7) is 5.62. The number of aryl methyl sites for hydroxylation is 2. The molecule has 0 radical (unpaired) electrons. The van der Waals surface area contributed by atoms with E-state index in [-0.39, 0.29) is 22.8 Å². The van der Waals surface area contributed by atoms with Gasteiger partial charge in [-0.3, -0.25) is 0 Å². The van der Waals surface area contributed by atoms with Crippen LogP contribution in [0.4, 0.5) is 11.6 Å². The minimum absolute atomic E-state index is 0.0799. The lowest BCUT2D eigenvalue weighted by Gasteiger charge is -2.16. The first-order valence-corrected chi connectivity index (χ1v) is 9.77. The summed E-state index contributed by atoms with van der Waals surface area (Å²) in [4.78, 5) is 24.3. The second-order valence-corrected chi connectivity index (χ2v) is 7.46. The fourth-order valence-corrected chi connectivity index (χ4v) is 3.51. The SMILES string of the molecule is Cc1cc(C(=O)O)cc(-c2nc(C(C)Nc3ncnc(N)c3C#N)nn3ccc(C)c23)c1. The molecular formula is C22H20N8O2. The molecule has 160 valence electrons. The van der Waals surface area contributed by atoms with E-state index < -0.39 is 12.0 Å². The third-order valence-corrected chi connectivity index (χ3v) is 5.06. The van der Waals surface area contributed by atoms with Crippen molar-refractivity contribution < 1.29 is 9.90 Å². The maximum absolute atomic E-state index is 11.6. The van der Waals surface area contributed by atoms with Crippen LogP contribution in [0.15, 0.2) is 36.8 Å². The summed E-state index contributed by atoms with van der Waals surface area (Å²) in [5, 5.41) is 26.6. The molecule has 10 nitrogen and oxygen atoms in total. The topological polar surface area (TPSA) is 155 Å². The van der Waals surface area contributed by atoms with E-state index in [2.05, 4.69) is 20.4 Å². The van der Waals surface area contributed by atoms with Crippen molar-refractivity contribution in [3.63, 3.8) is 0 Å². The van der Waals surface area contributed by atoms with E-state index in [9.17, 15) is 15.2 Å². The molecule has 4 N–H and O–H groups in total. The number of nitrogens with one attached hydrogen (secondary N) is 1. The molecule has 0 spiro atoms. The van der Waals surface area contributed by atoms with E-state index in [0.29, 0.717) is 17.1 Å². The number of carboxylic acid groups (broad SMARTS) is 1. The Kier molecular flexibility index (Phi) is 5.16. The fraction of sp³-hybridized carbons (Fsp3) is 0.182. The molecule has 0 aliphatic rings. The molecule has 0 fully saturated rings. The molecule has 4 rings (SSSR count). The van der Waals surface area contributed by atoms with Crippen LogP contribution in [0.3, 0.4) is 0 Å². The predicted molar refractivity (Wildman–Crippen MR) is 118 cm³/mol. The second-order valence-electron chi connectivity index (χ2n) is 7.46. The number of aromatic carboxylic acids is 1. The number of hydrogen-bond donors (Lipinski definition) is 3. The van der Waals surface area contributed by atoms with Gasteiger partial charge in [-0.25, -0.2) is 24.3 Å².